The Kier molecular flexibility index (Phi) is 7.77. The van der Waals surface area contributed by atoms with Crippen molar-refractivity contribution in [3.63, 3.8) is 0 Å². The molecule has 0 aliphatic rings. The van der Waals surface area contributed by atoms with Gasteiger partial charge in [-0.3, -0.25) is 4.79 Å². The number of nitrogens with zero attached hydrogens (tertiary/aromatic N) is 1. The average Bonchev–Trinajstić information content (AvgIpc) is 3.28. The Morgan fingerprint density at radius 3 is 1.95 bits per heavy atom. The number of halogens is 3. The van der Waals surface area contributed by atoms with E-state index in [1.54, 1.807) is 12.1 Å². The van der Waals surface area contributed by atoms with Crippen molar-refractivity contribution in [2.75, 3.05) is 35.5 Å². The third-order valence-electron chi connectivity index (χ3n) is 5.61. The van der Waals surface area contributed by atoms with Gasteiger partial charge >= 0.3 is 0 Å². The van der Waals surface area contributed by atoms with Gasteiger partial charge in [-0.2, -0.15) is 0 Å². The molecule has 0 spiro atoms. The molecular formula is C26H22ClF2NO8. The molecule has 38 heavy (non-hydrogen) atoms. The van der Waals surface area contributed by atoms with Crippen LogP contribution in [0.5, 0.6) is 34.5 Å². The average molecular weight is 550 g/mol. The Balaban J connectivity index is 1.83. The molecule has 0 aliphatic carbocycles. The first-order chi connectivity index (χ1) is 18.3. The molecule has 0 fully saturated rings. The molecule has 0 atom stereocenters. The topological polar surface area (TPSA) is 98.5 Å². The SMILES string of the molecule is COc1cc(OC)c(F)c(C(=O)c2oc3cnc(Cl)cc3c2OCc2cc(OC)c(OC)c(OC)c2)c1F. The molecule has 2 aromatic heterocycles. The maximum absolute atomic E-state index is 15.1. The van der Waals surface area contributed by atoms with E-state index in [1.807, 2.05) is 0 Å². The monoisotopic (exact) mass is 549 g/mol. The minimum Gasteiger partial charge on any atom is -0.494 e. The molecule has 2 aromatic carbocycles. The molecule has 12 heteroatoms. The molecule has 4 aromatic rings. The smallest absolute Gasteiger partial charge is 0.238 e. The fourth-order valence-corrected chi connectivity index (χ4v) is 3.98. The zero-order chi connectivity index (χ0) is 27.6. The number of methoxy groups -OCH3 is 5. The standard InChI is InChI=1S/C26H22ClF2NO8/c1-32-14-9-15(33-2)22(29)20(21(14)28)23(31)26-24(13-8-19(27)30-10-18(13)38-26)37-11-12-6-16(34-3)25(36-5)17(7-12)35-4/h6-10H,11H2,1-5H3. The number of aromatic nitrogens is 1. The summed E-state index contributed by atoms with van der Waals surface area (Å²) in [6, 6.07) is 5.68. The highest BCUT2D eigenvalue weighted by Gasteiger charge is 2.32. The highest BCUT2D eigenvalue weighted by atomic mass is 35.5. The molecule has 0 N–H and O–H groups in total. The molecule has 0 aliphatic heterocycles. The molecular weight excluding hydrogens is 528 g/mol. The maximum atomic E-state index is 15.1. The van der Waals surface area contributed by atoms with Gasteiger partial charge in [-0.05, 0) is 23.8 Å². The van der Waals surface area contributed by atoms with Crippen LogP contribution in [0.4, 0.5) is 8.78 Å². The number of furan rings is 1. The molecule has 0 unspecified atom stereocenters. The molecule has 4 rings (SSSR count). The van der Waals surface area contributed by atoms with Gasteiger partial charge in [-0.15, -0.1) is 0 Å². The van der Waals surface area contributed by atoms with Gasteiger partial charge in [0.05, 0.1) is 47.1 Å². The Bertz CT molecular complexity index is 1470. The molecule has 0 radical (unpaired) electrons. The maximum Gasteiger partial charge on any atom is 0.238 e. The minimum absolute atomic E-state index is 0.0790. The summed E-state index contributed by atoms with van der Waals surface area (Å²) >= 11 is 6.06. The number of fused-ring (bicyclic) bond motifs is 1. The zero-order valence-corrected chi connectivity index (χ0v) is 21.7. The fraction of sp³-hybridized carbons (Fsp3) is 0.231. The summed E-state index contributed by atoms with van der Waals surface area (Å²) in [5.41, 5.74) is -0.280. The Labute approximate surface area is 220 Å². The van der Waals surface area contributed by atoms with Gasteiger partial charge in [0.25, 0.3) is 0 Å². The first-order valence-corrected chi connectivity index (χ1v) is 11.3. The van der Waals surface area contributed by atoms with Crippen LogP contribution >= 0.6 is 11.6 Å². The van der Waals surface area contributed by atoms with Gasteiger partial charge in [0.2, 0.25) is 17.3 Å². The van der Waals surface area contributed by atoms with Crippen LogP contribution in [0.15, 0.2) is 34.9 Å². The Hall–Kier alpha value is -4.25. The van der Waals surface area contributed by atoms with E-state index < -0.39 is 40.2 Å². The summed E-state index contributed by atoms with van der Waals surface area (Å²) in [5, 5.41) is 0.340. The number of hydrogen-bond acceptors (Lipinski definition) is 9. The van der Waals surface area contributed by atoms with Crippen LogP contribution in [0, 0.1) is 11.6 Å². The fourth-order valence-electron chi connectivity index (χ4n) is 3.82. The lowest BCUT2D eigenvalue weighted by Crippen LogP contribution is -2.11. The predicted molar refractivity (Wildman–Crippen MR) is 132 cm³/mol. The Morgan fingerprint density at radius 2 is 1.42 bits per heavy atom. The second kappa shape index (κ2) is 11.0. The van der Waals surface area contributed by atoms with Crippen molar-refractivity contribution in [2.24, 2.45) is 0 Å². The third-order valence-corrected chi connectivity index (χ3v) is 5.82. The number of hydrogen-bond donors (Lipinski definition) is 0. The summed E-state index contributed by atoms with van der Waals surface area (Å²) in [6.45, 7) is -0.127. The highest BCUT2D eigenvalue weighted by molar-refractivity contribution is 6.30. The van der Waals surface area contributed by atoms with E-state index in [1.165, 1.54) is 47.8 Å². The lowest BCUT2D eigenvalue weighted by atomic mass is 10.0. The quantitative estimate of drug-likeness (QED) is 0.184. The lowest BCUT2D eigenvalue weighted by molar-refractivity contribution is 0.0995. The number of carbonyl (C=O) groups is 1. The van der Waals surface area contributed by atoms with Crippen molar-refractivity contribution in [1.82, 2.24) is 4.98 Å². The molecule has 9 nitrogen and oxygen atoms in total. The van der Waals surface area contributed by atoms with Gasteiger partial charge in [-0.1, -0.05) is 11.6 Å². The molecule has 0 amide bonds. The van der Waals surface area contributed by atoms with Crippen LogP contribution in [0.25, 0.3) is 11.0 Å². The van der Waals surface area contributed by atoms with Gasteiger partial charge in [-0.25, -0.2) is 13.8 Å². The summed E-state index contributed by atoms with van der Waals surface area (Å²) < 4.78 is 67.9. The van der Waals surface area contributed by atoms with Crippen LogP contribution in [0.3, 0.4) is 0 Å². The van der Waals surface area contributed by atoms with E-state index in [2.05, 4.69) is 4.98 Å². The van der Waals surface area contributed by atoms with Crippen LogP contribution in [0.2, 0.25) is 5.15 Å². The van der Waals surface area contributed by atoms with Crippen molar-refractivity contribution >= 4 is 28.4 Å². The second-order valence-electron chi connectivity index (χ2n) is 7.70. The van der Waals surface area contributed by atoms with Gasteiger partial charge in [0, 0.05) is 6.07 Å². The number of benzene rings is 2. The molecule has 0 saturated carbocycles. The zero-order valence-electron chi connectivity index (χ0n) is 20.9. The van der Waals surface area contributed by atoms with E-state index in [-0.39, 0.29) is 28.5 Å². The van der Waals surface area contributed by atoms with Crippen LogP contribution in [-0.2, 0) is 6.61 Å². The number of ether oxygens (including phenoxy) is 6. The normalized spacial score (nSPS) is 10.8. The van der Waals surface area contributed by atoms with Crippen LogP contribution in [0.1, 0.15) is 21.7 Å². The first-order valence-electron chi connectivity index (χ1n) is 10.9. The van der Waals surface area contributed by atoms with E-state index in [4.69, 9.17) is 44.4 Å². The van der Waals surface area contributed by atoms with E-state index >= 15 is 8.78 Å². The van der Waals surface area contributed by atoms with Gasteiger partial charge in [0.15, 0.2) is 46.0 Å². The van der Waals surface area contributed by atoms with Crippen LogP contribution < -0.4 is 28.4 Å². The van der Waals surface area contributed by atoms with E-state index in [0.29, 0.717) is 22.8 Å². The third kappa shape index (κ3) is 4.72. The molecule has 0 saturated heterocycles. The van der Waals surface area contributed by atoms with Crippen molar-refractivity contribution < 1.29 is 46.4 Å². The lowest BCUT2D eigenvalue weighted by Gasteiger charge is -2.15. The summed E-state index contributed by atoms with van der Waals surface area (Å²) in [6.07, 6.45) is 1.26. The number of rotatable bonds is 10. The first kappa shape index (κ1) is 26.8. The number of carbonyl (C=O) groups excluding carboxylic acids is 1. The number of pyridine rings is 1. The molecule has 0 bridgehead atoms. The Morgan fingerprint density at radius 1 is 0.842 bits per heavy atom. The van der Waals surface area contributed by atoms with E-state index in [0.717, 1.165) is 6.07 Å². The summed E-state index contributed by atoms with van der Waals surface area (Å²) in [5.74, 6) is -3.88. The van der Waals surface area contributed by atoms with Crippen molar-refractivity contribution in [1.29, 1.82) is 0 Å². The predicted octanol–water partition coefficient (Wildman–Crippen LogP) is 5.61. The van der Waals surface area contributed by atoms with Gasteiger partial charge < -0.3 is 32.8 Å². The number of ketones is 1. The summed E-state index contributed by atoms with van der Waals surface area (Å²) in [7, 11) is 6.73. The van der Waals surface area contributed by atoms with Crippen LogP contribution in [-0.4, -0.2) is 46.3 Å². The second-order valence-corrected chi connectivity index (χ2v) is 8.09. The largest absolute Gasteiger partial charge is 0.494 e. The highest BCUT2D eigenvalue weighted by Crippen LogP contribution is 2.41. The molecule has 200 valence electrons. The summed E-state index contributed by atoms with van der Waals surface area (Å²) in [4.78, 5) is 17.5. The van der Waals surface area contributed by atoms with Crippen molar-refractivity contribution in [2.45, 2.75) is 6.61 Å². The van der Waals surface area contributed by atoms with E-state index in [9.17, 15) is 4.79 Å². The minimum atomic E-state index is -1.23. The molecule has 2 heterocycles. The van der Waals surface area contributed by atoms with Crippen molar-refractivity contribution in [3.8, 4) is 34.5 Å². The van der Waals surface area contributed by atoms with Gasteiger partial charge in [0.1, 0.15) is 17.3 Å². The van der Waals surface area contributed by atoms with Crippen molar-refractivity contribution in [3.05, 3.63) is 64.1 Å².